The fraction of sp³-hybridized carbons (Fsp3) is 0.467. The van der Waals surface area contributed by atoms with Gasteiger partial charge in [0, 0.05) is 44.4 Å². The molecule has 2 aromatic rings. The first-order chi connectivity index (χ1) is 17.5. The van der Waals surface area contributed by atoms with Gasteiger partial charge in [0.25, 0.3) is 0 Å². The molecule has 0 amide bonds. The first kappa shape index (κ1) is 24.6. The average Bonchev–Trinajstić information content (AvgIpc) is 2.92. The van der Waals surface area contributed by atoms with Crippen molar-refractivity contribution in [2.45, 2.75) is 44.9 Å². The van der Waals surface area contributed by atoms with Gasteiger partial charge in [-0.3, -0.25) is 4.98 Å². The third-order valence-electron chi connectivity index (χ3n) is 8.68. The van der Waals surface area contributed by atoms with E-state index in [0.29, 0.717) is 23.4 Å². The SMILES string of the molecule is CN(C1=CC2CCC[C@@H](CNc3cnccc3C(=O)O)C2(C)C=C1)c1ccc(C2CCOCC2)cc1. The van der Waals surface area contributed by atoms with Gasteiger partial charge in [-0.05, 0) is 78.7 Å². The lowest BCUT2D eigenvalue weighted by Gasteiger charge is -2.47. The highest BCUT2D eigenvalue weighted by molar-refractivity contribution is 5.93. The van der Waals surface area contributed by atoms with Crippen molar-refractivity contribution in [1.29, 1.82) is 0 Å². The summed E-state index contributed by atoms with van der Waals surface area (Å²) < 4.78 is 5.52. The summed E-state index contributed by atoms with van der Waals surface area (Å²) in [6.45, 7) is 4.82. The maximum Gasteiger partial charge on any atom is 0.337 e. The van der Waals surface area contributed by atoms with Gasteiger partial charge in [0.05, 0.1) is 17.4 Å². The largest absolute Gasteiger partial charge is 0.478 e. The summed E-state index contributed by atoms with van der Waals surface area (Å²) >= 11 is 0. The van der Waals surface area contributed by atoms with Gasteiger partial charge in [0.15, 0.2) is 0 Å². The van der Waals surface area contributed by atoms with E-state index in [9.17, 15) is 9.90 Å². The van der Waals surface area contributed by atoms with Crippen LogP contribution in [0.15, 0.2) is 66.7 Å². The number of carboxylic acid groups (broad SMARTS) is 1. The Morgan fingerprint density at radius 1 is 1.17 bits per heavy atom. The van der Waals surface area contributed by atoms with Crippen LogP contribution < -0.4 is 10.2 Å². The second-order valence-electron chi connectivity index (χ2n) is 10.7. The van der Waals surface area contributed by atoms with E-state index >= 15 is 0 Å². The molecule has 2 N–H and O–H groups in total. The van der Waals surface area contributed by atoms with Gasteiger partial charge in [0.2, 0.25) is 0 Å². The molecule has 2 aliphatic carbocycles. The standard InChI is InChI=1S/C30H37N3O3/c1-30-14-10-26(33(2)25-8-6-21(7-9-25)22-12-16-36-17-13-22)18-23(30)4-3-5-24(30)19-32-28-20-31-15-11-27(28)29(34)35/h6-11,14-15,18,20,22-24,32H,3-5,12-13,16-17,19H2,1-2H3,(H,34,35)/t23?,24-,30?/m0/s1. The van der Waals surface area contributed by atoms with E-state index in [1.165, 1.54) is 36.0 Å². The molecule has 1 aromatic heterocycles. The quantitative estimate of drug-likeness (QED) is 0.492. The molecule has 5 rings (SSSR count). The lowest BCUT2D eigenvalue weighted by Crippen LogP contribution is -2.42. The third-order valence-corrected chi connectivity index (χ3v) is 8.68. The van der Waals surface area contributed by atoms with Crippen LogP contribution in [0, 0.1) is 17.3 Å². The Morgan fingerprint density at radius 2 is 1.94 bits per heavy atom. The first-order valence-corrected chi connectivity index (χ1v) is 13.2. The molecule has 0 spiro atoms. The Labute approximate surface area is 214 Å². The van der Waals surface area contributed by atoms with Crippen LogP contribution in [-0.2, 0) is 4.74 Å². The maximum atomic E-state index is 11.6. The number of nitrogens with zero attached hydrogens (tertiary/aromatic N) is 2. The smallest absolute Gasteiger partial charge is 0.337 e. The van der Waals surface area contributed by atoms with Gasteiger partial charge in [-0.15, -0.1) is 0 Å². The van der Waals surface area contributed by atoms with E-state index < -0.39 is 5.97 Å². The number of carbonyl (C=O) groups is 1. The summed E-state index contributed by atoms with van der Waals surface area (Å²) in [4.78, 5) is 18.0. The molecule has 2 fully saturated rings. The zero-order valence-electron chi connectivity index (χ0n) is 21.3. The molecule has 36 heavy (non-hydrogen) atoms. The van der Waals surface area contributed by atoms with Crippen LogP contribution in [0.25, 0.3) is 0 Å². The highest BCUT2D eigenvalue weighted by Crippen LogP contribution is 2.50. The molecule has 6 nitrogen and oxygen atoms in total. The van der Waals surface area contributed by atoms with Crippen molar-refractivity contribution in [3.8, 4) is 0 Å². The number of likely N-dealkylation sites (N-methyl/N-ethyl adjacent to an activating group) is 1. The minimum atomic E-state index is -0.929. The Hall–Kier alpha value is -3.12. The van der Waals surface area contributed by atoms with Gasteiger partial charge < -0.3 is 20.1 Å². The van der Waals surface area contributed by atoms with E-state index in [1.54, 1.807) is 12.3 Å². The van der Waals surface area contributed by atoms with E-state index in [0.717, 1.165) is 39.0 Å². The van der Waals surface area contributed by atoms with Crippen LogP contribution in [0.2, 0.25) is 0 Å². The number of rotatable bonds is 7. The lowest BCUT2D eigenvalue weighted by atomic mass is 9.59. The number of nitrogens with one attached hydrogen (secondary N) is 1. The van der Waals surface area contributed by atoms with Crippen molar-refractivity contribution in [1.82, 2.24) is 4.98 Å². The highest BCUT2D eigenvalue weighted by Gasteiger charge is 2.42. The molecule has 1 aromatic carbocycles. The predicted molar refractivity (Wildman–Crippen MR) is 143 cm³/mol. The Kier molecular flexibility index (Phi) is 7.15. The summed E-state index contributed by atoms with van der Waals surface area (Å²) in [7, 11) is 2.15. The minimum Gasteiger partial charge on any atom is -0.478 e. The van der Waals surface area contributed by atoms with E-state index in [1.807, 2.05) is 0 Å². The Balaban J connectivity index is 1.27. The monoisotopic (exact) mass is 487 g/mol. The number of fused-ring (bicyclic) bond motifs is 1. The molecule has 1 saturated heterocycles. The Bertz CT molecular complexity index is 1140. The number of anilines is 2. The van der Waals surface area contributed by atoms with Gasteiger partial charge in [-0.1, -0.05) is 37.6 Å². The molecule has 0 bridgehead atoms. The van der Waals surface area contributed by atoms with Crippen molar-refractivity contribution < 1.29 is 14.6 Å². The third kappa shape index (κ3) is 4.92. The van der Waals surface area contributed by atoms with Crippen LogP contribution in [0.5, 0.6) is 0 Å². The van der Waals surface area contributed by atoms with Gasteiger partial charge in [-0.2, -0.15) is 0 Å². The molecule has 190 valence electrons. The van der Waals surface area contributed by atoms with Crippen LogP contribution in [0.1, 0.15) is 60.9 Å². The van der Waals surface area contributed by atoms with E-state index in [2.05, 4.69) is 71.7 Å². The summed E-state index contributed by atoms with van der Waals surface area (Å²) in [5.41, 5.74) is 4.76. The molecule has 3 atom stereocenters. The molecular weight excluding hydrogens is 450 g/mol. The average molecular weight is 488 g/mol. The number of benzene rings is 1. The molecule has 2 heterocycles. The summed E-state index contributed by atoms with van der Waals surface area (Å²) in [5.74, 6) is 0.547. The van der Waals surface area contributed by atoms with E-state index in [-0.39, 0.29) is 11.0 Å². The van der Waals surface area contributed by atoms with Gasteiger partial charge >= 0.3 is 5.97 Å². The van der Waals surface area contributed by atoms with Crippen molar-refractivity contribution in [3.63, 3.8) is 0 Å². The van der Waals surface area contributed by atoms with E-state index in [4.69, 9.17) is 4.74 Å². The molecule has 6 heteroatoms. The number of aromatic nitrogens is 1. The van der Waals surface area contributed by atoms with Crippen LogP contribution in [0.4, 0.5) is 11.4 Å². The Morgan fingerprint density at radius 3 is 2.69 bits per heavy atom. The van der Waals surface area contributed by atoms with Crippen molar-refractivity contribution in [3.05, 3.63) is 77.8 Å². The zero-order valence-corrected chi connectivity index (χ0v) is 21.3. The lowest BCUT2D eigenvalue weighted by molar-refractivity contribution is 0.0697. The number of hydrogen-bond donors (Lipinski definition) is 2. The minimum absolute atomic E-state index is 0.0358. The maximum absolute atomic E-state index is 11.6. The summed E-state index contributed by atoms with van der Waals surface area (Å²) in [6.07, 6.45) is 15.9. The van der Waals surface area contributed by atoms with Gasteiger partial charge in [0.1, 0.15) is 0 Å². The molecule has 3 aliphatic rings. The van der Waals surface area contributed by atoms with Crippen molar-refractivity contribution in [2.75, 3.05) is 37.0 Å². The topological polar surface area (TPSA) is 74.7 Å². The number of ether oxygens (including phenoxy) is 1. The fourth-order valence-corrected chi connectivity index (χ4v) is 6.21. The molecular formula is C30H37N3O3. The highest BCUT2D eigenvalue weighted by atomic mass is 16.5. The second kappa shape index (κ2) is 10.5. The number of aromatic carboxylic acids is 1. The predicted octanol–water partition coefficient (Wildman–Crippen LogP) is 6.10. The first-order valence-electron chi connectivity index (χ1n) is 13.2. The molecule has 1 saturated carbocycles. The number of pyridine rings is 1. The molecule has 1 aliphatic heterocycles. The zero-order chi connectivity index (χ0) is 25.1. The normalized spacial score (nSPS) is 26.1. The molecule has 0 radical (unpaired) electrons. The number of allylic oxidation sites excluding steroid dienone is 3. The van der Waals surface area contributed by atoms with Crippen LogP contribution >= 0.6 is 0 Å². The van der Waals surface area contributed by atoms with Crippen LogP contribution in [-0.4, -0.2) is 42.9 Å². The molecule has 2 unspecified atom stereocenters. The fourth-order valence-electron chi connectivity index (χ4n) is 6.21. The van der Waals surface area contributed by atoms with Crippen molar-refractivity contribution >= 4 is 17.3 Å². The van der Waals surface area contributed by atoms with Gasteiger partial charge in [-0.25, -0.2) is 4.79 Å². The van der Waals surface area contributed by atoms with Crippen molar-refractivity contribution in [2.24, 2.45) is 17.3 Å². The summed E-state index contributed by atoms with van der Waals surface area (Å²) in [6, 6.07) is 10.6. The second-order valence-corrected chi connectivity index (χ2v) is 10.7. The van der Waals surface area contributed by atoms with Crippen LogP contribution in [0.3, 0.4) is 0 Å². The number of hydrogen-bond acceptors (Lipinski definition) is 5. The number of carboxylic acids is 1. The summed E-state index contributed by atoms with van der Waals surface area (Å²) in [5, 5.41) is 12.9.